The fraction of sp³-hybridized carbons (Fsp3) is 0.429. The van der Waals surface area contributed by atoms with Crippen LogP contribution in [-0.4, -0.2) is 28.4 Å². The van der Waals surface area contributed by atoms with Crippen LogP contribution in [0.5, 0.6) is 0 Å². The van der Waals surface area contributed by atoms with Gasteiger partial charge in [-0.05, 0) is 25.3 Å². The van der Waals surface area contributed by atoms with Gasteiger partial charge in [-0.1, -0.05) is 0 Å². The zero-order chi connectivity index (χ0) is 13.8. The Labute approximate surface area is 116 Å². The lowest BCUT2D eigenvalue weighted by atomic mass is 10.1. The van der Waals surface area contributed by atoms with Gasteiger partial charge in [-0.15, -0.1) is 0 Å². The first-order valence-corrected chi connectivity index (χ1v) is 6.79. The molecule has 1 unspecified atom stereocenters. The molecule has 20 heavy (non-hydrogen) atoms. The number of furan rings is 1. The van der Waals surface area contributed by atoms with Crippen molar-refractivity contribution in [2.75, 3.05) is 11.9 Å². The molecular formula is C14H17N3O3. The maximum Gasteiger partial charge on any atom is 0.259 e. The summed E-state index contributed by atoms with van der Waals surface area (Å²) in [5.74, 6) is -0.202. The summed E-state index contributed by atoms with van der Waals surface area (Å²) >= 11 is 0. The molecule has 1 N–H and O–H groups in total. The lowest BCUT2D eigenvalue weighted by molar-refractivity contribution is 0.00401. The average Bonchev–Trinajstić information content (AvgIpc) is 3.11. The van der Waals surface area contributed by atoms with Gasteiger partial charge in [0.05, 0.1) is 36.4 Å². The van der Waals surface area contributed by atoms with Gasteiger partial charge in [0.15, 0.2) is 0 Å². The highest BCUT2D eigenvalue weighted by molar-refractivity contribution is 6.03. The minimum Gasteiger partial charge on any atom is -0.472 e. The van der Waals surface area contributed by atoms with Gasteiger partial charge in [-0.3, -0.25) is 9.48 Å². The van der Waals surface area contributed by atoms with Crippen LogP contribution in [0.2, 0.25) is 0 Å². The van der Waals surface area contributed by atoms with Gasteiger partial charge in [0.25, 0.3) is 5.91 Å². The van der Waals surface area contributed by atoms with Crippen LogP contribution < -0.4 is 5.32 Å². The van der Waals surface area contributed by atoms with Gasteiger partial charge in [-0.25, -0.2) is 0 Å². The van der Waals surface area contributed by atoms with Crippen molar-refractivity contribution in [3.05, 3.63) is 36.5 Å². The van der Waals surface area contributed by atoms with Crippen molar-refractivity contribution in [3.63, 3.8) is 0 Å². The molecule has 1 aliphatic heterocycles. The molecule has 1 aliphatic rings. The van der Waals surface area contributed by atoms with Gasteiger partial charge < -0.3 is 14.5 Å². The van der Waals surface area contributed by atoms with E-state index in [1.807, 2.05) is 6.20 Å². The molecule has 0 aromatic carbocycles. The van der Waals surface area contributed by atoms with Gasteiger partial charge in [0.1, 0.15) is 6.26 Å². The summed E-state index contributed by atoms with van der Waals surface area (Å²) in [6.45, 7) is 1.55. The quantitative estimate of drug-likeness (QED) is 0.929. The van der Waals surface area contributed by atoms with Crippen LogP contribution in [0, 0.1) is 0 Å². The molecule has 1 atom stereocenters. The molecule has 1 amide bonds. The number of hydrogen-bond donors (Lipinski definition) is 1. The zero-order valence-corrected chi connectivity index (χ0v) is 11.1. The molecule has 1 fully saturated rings. The minimum atomic E-state index is -0.202. The summed E-state index contributed by atoms with van der Waals surface area (Å²) in [4.78, 5) is 11.8. The second-order valence-corrected chi connectivity index (χ2v) is 4.91. The maximum absolute atomic E-state index is 11.8. The summed E-state index contributed by atoms with van der Waals surface area (Å²) in [6.07, 6.45) is 9.97. The number of hydrogen-bond acceptors (Lipinski definition) is 4. The second kappa shape index (κ2) is 5.92. The van der Waals surface area contributed by atoms with Crippen LogP contribution >= 0.6 is 0 Å². The van der Waals surface area contributed by atoms with Crippen molar-refractivity contribution in [2.45, 2.75) is 31.9 Å². The summed E-state index contributed by atoms with van der Waals surface area (Å²) in [7, 11) is 0. The van der Waals surface area contributed by atoms with E-state index in [-0.39, 0.29) is 12.0 Å². The number of rotatable bonds is 4. The van der Waals surface area contributed by atoms with Crippen molar-refractivity contribution < 1.29 is 13.9 Å². The van der Waals surface area contributed by atoms with E-state index in [9.17, 15) is 4.79 Å². The number of ether oxygens (including phenoxy) is 1. The molecule has 3 rings (SSSR count). The maximum atomic E-state index is 11.8. The van der Waals surface area contributed by atoms with E-state index in [1.165, 1.54) is 18.9 Å². The van der Waals surface area contributed by atoms with Gasteiger partial charge in [-0.2, -0.15) is 5.10 Å². The number of aromatic nitrogens is 2. The molecule has 6 nitrogen and oxygen atoms in total. The topological polar surface area (TPSA) is 69.3 Å². The largest absolute Gasteiger partial charge is 0.472 e. The zero-order valence-electron chi connectivity index (χ0n) is 11.1. The summed E-state index contributed by atoms with van der Waals surface area (Å²) < 4.78 is 12.4. The Hall–Kier alpha value is -2.08. The first-order valence-electron chi connectivity index (χ1n) is 6.79. The fourth-order valence-corrected chi connectivity index (χ4v) is 2.28. The highest BCUT2D eigenvalue weighted by Crippen LogP contribution is 2.15. The van der Waals surface area contributed by atoms with Crippen molar-refractivity contribution in [2.24, 2.45) is 0 Å². The van der Waals surface area contributed by atoms with E-state index in [0.717, 1.165) is 26.0 Å². The molecule has 106 valence electrons. The number of nitrogens with zero attached hydrogens (tertiary/aromatic N) is 2. The number of carbonyl (C=O) groups excluding carboxylic acids is 1. The van der Waals surface area contributed by atoms with E-state index in [4.69, 9.17) is 9.15 Å². The summed E-state index contributed by atoms with van der Waals surface area (Å²) in [5.41, 5.74) is 1.17. The normalized spacial score (nSPS) is 18.9. The fourth-order valence-electron chi connectivity index (χ4n) is 2.28. The van der Waals surface area contributed by atoms with E-state index < -0.39 is 0 Å². The molecule has 3 heterocycles. The lowest BCUT2D eigenvalue weighted by Crippen LogP contribution is -2.24. The Morgan fingerprint density at radius 2 is 2.45 bits per heavy atom. The van der Waals surface area contributed by atoms with Crippen LogP contribution in [0.25, 0.3) is 0 Å². The van der Waals surface area contributed by atoms with Gasteiger partial charge >= 0.3 is 0 Å². The van der Waals surface area contributed by atoms with Crippen molar-refractivity contribution >= 4 is 11.6 Å². The molecule has 0 radical (unpaired) electrons. The van der Waals surface area contributed by atoms with Crippen LogP contribution in [0.3, 0.4) is 0 Å². The highest BCUT2D eigenvalue weighted by Gasteiger charge is 2.15. The number of nitrogens with one attached hydrogen (secondary N) is 1. The summed E-state index contributed by atoms with van der Waals surface area (Å²) in [5, 5.41) is 7.02. The molecule has 0 spiro atoms. The molecule has 0 saturated carbocycles. The molecule has 2 aromatic heterocycles. The van der Waals surface area contributed by atoms with E-state index in [0.29, 0.717) is 11.3 Å². The van der Waals surface area contributed by atoms with Gasteiger partial charge in [0, 0.05) is 12.8 Å². The van der Waals surface area contributed by atoms with Crippen LogP contribution in [-0.2, 0) is 11.3 Å². The van der Waals surface area contributed by atoms with Crippen molar-refractivity contribution in [1.82, 2.24) is 9.78 Å². The Morgan fingerprint density at radius 3 is 3.20 bits per heavy atom. The Kier molecular flexibility index (Phi) is 3.83. The smallest absolute Gasteiger partial charge is 0.259 e. The monoisotopic (exact) mass is 275 g/mol. The Bertz CT molecular complexity index is 556. The predicted octanol–water partition coefficient (Wildman–Crippen LogP) is 2.30. The lowest BCUT2D eigenvalue weighted by Gasteiger charge is -2.22. The first-order chi connectivity index (χ1) is 9.81. The Balaban J connectivity index is 1.57. The van der Waals surface area contributed by atoms with E-state index in [2.05, 4.69) is 10.4 Å². The molecule has 1 saturated heterocycles. The highest BCUT2D eigenvalue weighted by atomic mass is 16.5. The molecular weight excluding hydrogens is 258 g/mol. The van der Waals surface area contributed by atoms with Gasteiger partial charge in [0.2, 0.25) is 0 Å². The molecule has 0 aliphatic carbocycles. The number of anilines is 1. The number of carbonyl (C=O) groups is 1. The SMILES string of the molecule is O=C(Nc1cnn(CC2CCCCO2)c1)c1ccoc1. The molecule has 0 bridgehead atoms. The standard InChI is InChI=1S/C14H17N3O3/c18-14(11-4-6-19-10-11)16-12-7-15-17(8-12)9-13-3-1-2-5-20-13/h4,6-8,10,13H,1-3,5,9H2,(H,16,18). The average molecular weight is 275 g/mol. The third-order valence-corrected chi connectivity index (χ3v) is 3.34. The minimum absolute atomic E-state index is 0.202. The van der Waals surface area contributed by atoms with E-state index >= 15 is 0 Å². The predicted molar refractivity (Wildman–Crippen MR) is 72.5 cm³/mol. The Morgan fingerprint density at radius 1 is 1.50 bits per heavy atom. The molecule has 2 aromatic rings. The third kappa shape index (κ3) is 3.08. The number of amides is 1. The third-order valence-electron chi connectivity index (χ3n) is 3.34. The van der Waals surface area contributed by atoms with Crippen molar-refractivity contribution in [1.29, 1.82) is 0 Å². The van der Waals surface area contributed by atoms with Crippen LogP contribution in [0.4, 0.5) is 5.69 Å². The van der Waals surface area contributed by atoms with Crippen LogP contribution in [0.1, 0.15) is 29.6 Å². The summed E-state index contributed by atoms with van der Waals surface area (Å²) in [6, 6.07) is 1.62. The second-order valence-electron chi connectivity index (χ2n) is 4.91. The van der Waals surface area contributed by atoms with Crippen LogP contribution in [0.15, 0.2) is 35.4 Å². The van der Waals surface area contributed by atoms with E-state index in [1.54, 1.807) is 16.9 Å². The first kappa shape index (κ1) is 12.9. The van der Waals surface area contributed by atoms with Crippen molar-refractivity contribution in [3.8, 4) is 0 Å². The molecule has 6 heteroatoms.